The lowest BCUT2D eigenvalue weighted by atomic mass is 10.0. The maximum absolute atomic E-state index is 12.9. The van der Waals surface area contributed by atoms with Crippen LogP contribution in [0.4, 0.5) is 0 Å². The van der Waals surface area contributed by atoms with Gasteiger partial charge in [-0.2, -0.15) is 9.57 Å². The second kappa shape index (κ2) is 9.28. The summed E-state index contributed by atoms with van der Waals surface area (Å²) in [6, 6.07) is 6.28. The molecule has 2 atom stereocenters. The van der Waals surface area contributed by atoms with Crippen LogP contribution in [-0.2, 0) is 19.6 Å². The average molecular weight is 407 g/mol. The molecule has 3 N–H and O–H groups in total. The molecule has 152 valence electrons. The van der Waals surface area contributed by atoms with Gasteiger partial charge in [0.15, 0.2) is 5.78 Å². The standard InChI is InChI=1S/C19H26N4O4S/c1-13(2)10-15(21)19(25)22-16-7-5-9-23(12-17(16)24)28(26,27)18-8-4-3-6-14(18)11-20/h3-4,6,8,13,15-16H,5,7,9-10,12,21H2,1-2H3,(H,22,25)/t15-,16?/m0/s1. The molecule has 28 heavy (non-hydrogen) atoms. The van der Waals surface area contributed by atoms with Crippen LogP contribution >= 0.6 is 0 Å². The molecule has 2 rings (SSSR count). The SMILES string of the molecule is CC(C)C[C@H](N)C(=O)NC1CCCN(S(=O)(=O)c2ccccc2C#N)CC1=O. The molecule has 1 aromatic rings. The summed E-state index contributed by atoms with van der Waals surface area (Å²) in [5.74, 6) is -0.551. The second-order valence-electron chi connectivity index (χ2n) is 7.35. The zero-order valence-electron chi connectivity index (χ0n) is 16.1. The Bertz CT molecular complexity index is 876. The predicted octanol–water partition coefficient (Wildman–Crippen LogP) is 0.770. The van der Waals surface area contributed by atoms with Crippen molar-refractivity contribution in [3.05, 3.63) is 29.8 Å². The van der Waals surface area contributed by atoms with E-state index in [0.29, 0.717) is 19.3 Å². The molecule has 1 aliphatic heterocycles. The third-order valence-electron chi connectivity index (χ3n) is 4.63. The minimum Gasteiger partial charge on any atom is -0.345 e. The lowest BCUT2D eigenvalue weighted by molar-refractivity contribution is -0.128. The Morgan fingerprint density at radius 3 is 2.71 bits per heavy atom. The van der Waals surface area contributed by atoms with Crippen molar-refractivity contribution in [2.24, 2.45) is 11.7 Å². The lowest BCUT2D eigenvalue weighted by Crippen LogP contribution is -2.50. The van der Waals surface area contributed by atoms with Gasteiger partial charge in [0.25, 0.3) is 0 Å². The van der Waals surface area contributed by atoms with E-state index in [9.17, 15) is 23.3 Å². The number of carbonyl (C=O) groups excluding carboxylic acids is 2. The Hall–Kier alpha value is -2.28. The molecule has 0 bridgehead atoms. The number of hydrogen-bond acceptors (Lipinski definition) is 6. The molecule has 0 radical (unpaired) electrons. The Labute approximate surface area is 165 Å². The molecule has 1 aromatic carbocycles. The fourth-order valence-electron chi connectivity index (χ4n) is 3.17. The Balaban J connectivity index is 2.14. The van der Waals surface area contributed by atoms with E-state index in [2.05, 4.69) is 5.32 Å². The zero-order chi connectivity index (χ0) is 20.9. The highest BCUT2D eigenvalue weighted by molar-refractivity contribution is 7.89. The molecule has 1 fully saturated rings. The van der Waals surface area contributed by atoms with E-state index in [-0.39, 0.29) is 35.2 Å². The summed E-state index contributed by atoms with van der Waals surface area (Å²) in [4.78, 5) is 24.7. The molecule has 1 amide bonds. The molecular formula is C19H26N4O4S. The van der Waals surface area contributed by atoms with E-state index in [1.807, 2.05) is 19.9 Å². The second-order valence-corrected chi connectivity index (χ2v) is 9.26. The van der Waals surface area contributed by atoms with Crippen molar-refractivity contribution in [1.82, 2.24) is 9.62 Å². The molecule has 8 nitrogen and oxygen atoms in total. The van der Waals surface area contributed by atoms with Gasteiger partial charge >= 0.3 is 0 Å². The van der Waals surface area contributed by atoms with Gasteiger partial charge < -0.3 is 11.1 Å². The van der Waals surface area contributed by atoms with Crippen LogP contribution in [0.3, 0.4) is 0 Å². The summed E-state index contributed by atoms with van der Waals surface area (Å²) in [5.41, 5.74) is 5.90. The van der Waals surface area contributed by atoms with Crippen molar-refractivity contribution in [1.29, 1.82) is 5.26 Å². The first-order valence-corrected chi connectivity index (χ1v) is 10.7. The van der Waals surface area contributed by atoms with E-state index in [1.165, 1.54) is 18.2 Å². The van der Waals surface area contributed by atoms with Crippen molar-refractivity contribution in [3.63, 3.8) is 0 Å². The van der Waals surface area contributed by atoms with Gasteiger partial charge in [-0.05, 0) is 37.3 Å². The number of nitriles is 1. The molecule has 0 spiro atoms. The number of nitrogens with zero attached hydrogens (tertiary/aromatic N) is 2. The number of carbonyl (C=O) groups is 2. The highest BCUT2D eigenvalue weighted by atomic mass is 32.2. The summed E-state index contributed by atoms with van der Waals surface area (Å²) in [7, 11) is -3.99. The monoisotopic (exact) mass is 406 g/mol. The predicted molar refractivity (Wildman–Crippen MR) is 104 cm³/mol. The number of nitrogens with two attached hydrogens (primary N) is 1. The Morgan fingerprint density at radius 1 is 1.39 bits per heavy atom. The number of rotatable bonds is 6. The van der Waals surface area contributed by atoms with Crippen molar-refractivity contribution in [2.45, 2.75) is 50.1 Å². The first kappa shape index (κ1) is 22.0. The minimum atomic E-state index is -3.99. The third kappa shape index (κ3) is 5.16. The van der Waals surface area contributed by atoms with Crippen molar-refractivity contribution in [2.75, 3.05) is 13.1 Å². The summed E-state index contributed by atoms with van der Waals surface area (Å²) >= 11 is 0. The van der Waals surface area contributed by atoms with Gasteiger partial charge in [-0.3, -0.25) is 9.59 Å². The van der Waals surface area contributed by atoms with Crippen LogP contribution in [0.2, 0.25) is 0 Å². The van der Waals surface area contributed by atoms with Crippen LogP contribution in [0, 0.1) is 17.2 Å². The molecule has 0 aliphatic carbocycles. The summed E-state index contributed by atoms with van der Waals surface area (Å²) in [6.07, 6.45) is 1.24. The number of nitrogens with one attached hydrogen (secondary N) is 1. The number of sulfonamides is 1. The Kier molecular flexibility index (Phi) is 7.29. The topological polar surface area (TPSA) is 133 Å². The number of ketones is 1. The first-order valence-electron chi connectivity index (χ1n) is 9.24. The van der Waals surface area contributed by atoms with E-state index in [4.69, 9.17) is 5.73 Å². The molecular weight excluding hydrogens is 380 g/mol. The van der Waals surface area contributed by atoms with Crippen LogP contribution < -0.4 is 11.1 Å². The van der Waals surface area contributed by atoms with Crippen LogP contribution in [0.5, 0.6) is 0 Å². The van der Waals surface area contributed by atoms with Crippen LogP contribution in [-0.4, -0.2) is 49.6 Å². The average Bonchev–Trinajstić information content (AvgIpc) is 2.83. The maximum Gasteiger partial charge on any atom is 0.244 e. The summed E-state index contributed by atoms with van der Waals surface area (Å²) in [6.45, 7) is 3.68. The quantitative estimate of drug-likeness (QED) is 0.717. The van der Waals surface area contributed by atoms with Gasteiger partial charge in [0.1, 0.15) is 6.07 Å². The third-order valence-corrected chi connectivity index (χ3v) is 6.53. The fourth-order valence-corrected chi connectivity index (χ4v) is 4.76. The normalized spacial score (nSPS) is 19.7. The van der Waals surface area contributed by atoms with Gasteiger partial charge in [0, 0.05) is 6.54 Å². The van der Waals surface area contributed by atoms with Crippen LogP contribution in [0.25, 0.3) is 0 Å². The molecule has 1 heterocycles. The fraction of sp³-hybridized carbons (Fsp3) is 0.526. The van der Waals surface area contributed by atoms with E-state index in [0.717, 1.165) is 4.31 Å². The van der Waals surface area contributed by atoms with Crippen LogP contribution in [0.1, 0.15) is 38.7 Å². The van der Waals surface area contributed by atoms with Crippen molar-refractivity contribution >= 4 is 21.7 Å². The van der Waals surface area contributed by atoms with Crippen molar-refractivity contribution in [3.8, 4) is 6.07 Å². The largest absolute Gasteiger partial charge is 0.345 e. The molecule has 0 aromatic heterocycles. The van der Waals surface area contributed by atoms with Gasteiger partial charge in [-0.15, -0.1) is 0 Å². The van der Waals surface area contributed by atoms with Gasteiger partial charge in [0.2, 0.25) is 15.9 Å². The van der Waals surface area contributed by atoms with Gasteiger partial charge in [0.05, 0.1) is 29.1 Å². The van der Waals surface area contributed by atoms with E-state index >= 15 is 0 Å². The van der Waals surface area contributed by atoms with E-state index < -0.39 is 28.0 Å². The number of amides is 1. The minimum absolute atomic E-state index is 0.0312. The van der Waals surface area contributed by atoms with Crippen LogP contribution in [0.15, 0.2) is 29.2 Å². The maximum atomic E-state index is 12.9. The number of benzene rings is 1. The summed E-state index contributed by atoms with van der Waals surface area (Å²) < 4.78 is 27.0. The van der Waals surface area contributed by atoms with Gasteiger partial charge in [-0.1, -0.05) is 26.0 Å². The highest BCUT2D eigenvalue weighted by Crippen LogP contribution is 2.22. The molecule has 1 unspecified atom stereocenters. The first-order chi connectivity index (χ1) is 13.2. The summed E-state index contributed by atoms with van der Waals surface area (Å²) in [5, 5.41) is 11.8. The smallest absolute Gasteiger partial charge is 0.244 e. The molecule has 1 aliphatic rings. The molecule has 1 saturated heterocycles. The van der Waals surface area contributed by atoms with Crippen molar-refractivity contribution < 1.29 is 18.0 Å². The lowest BCUT2D eigenvalue weighted by Gasteiger charge is -2.21. The molecule has 9 heteroatoms. The number of hydrogen-bond donors (Lipinski definition) is 2. The van der Waals surface area contributed by atoms with E-state index in [1.54, 1.807) is 6.07 Å². The highest BCUT2D eigenvalue weighted by Gasteiger charge is 2.34. The Morgan fingerprint density at radius 2 is 2.07 bits per heavy atom. The number of Topliss-reactive ketones (excluding diaryl/α,β-unsaturated/α-hetero) is 1. The molecule has 0 saturated carbocycles. The van der Waals surface area contributed by atoms with Gasteiger partial charge in [-0.25, -0.2) is 8.42 Å². The zero-order valence-corrected chi connectivity index (χ0v) is 16.9.